The summed E-state index contributed by atoms with van der Waals surface area (Å²) in [6, 6.07) is 9.49. The van der Waals surface area contributed by atoms with E-state index in [9.17, 15) is 9.59 Å². The lowest BCUT2D eigenvalue weighted by Gasteiger charge is -1.86. The molecule has 0 atom stereocenters. The van der Waals surface area contributed by atoms with Crippen LogP contribution < -0.4 is 5.73 Å². The van der Waals surface area contributed by atoms with Crippen LogP contribution >= 0.6 is 0 Å². The van der Waals surface area contributed by atoms with Gasteiger partial charge in [-0.2, -0.15) is 0 Å². The Bertz CT molecular complexity index is 343. The summed E-state index contributed by atoms with van der Waals surface area (Å²) in [7, 11) is 0. The Morgan fingerprint density at radius 1 is 1.07 bits per heavy atom. The Kier molecular flexibility index (Phi) is 5.25. The topological polar surface area (TPSA) is 101 Å². The minimum absolute atomic E-state index is 0.815. The van der Waals surface area contributed by atoms with Gasteiger partial charge in [0.1, 0.15) is 5.57 Å². The molecule has 0 heterocycles. The fourth-order valence-corrected chi connectivity index (χ4v) is 0.545. The molecule has 80 valence electrons. The Balaban J connectivity index is 0.000000262. The normalized spacial score (nSPS) is 8.27. The first-order chi connectivity index (χ1) is 6.95. The highest BCUT2D eigenvalue weighted by Crippen LogP contribution is 1.95. The van der Waals surface area contributed by atoms with E-state index in [1.54, 1.807) is 0 Å². The Morgan fingerprint density at radius 3 is 1.60 bits per heavy atom. The van der Waals surface area contributed by atoms with Crippen LogP contribution in [-0.4, -0.2) is 22.2 Å². The van der Waals surface area contributed by atoms with Crippen molar-refractivity contribution in [3.63, 3.8) is 0 Å². The number of nitrogens with two attached hydrogens (primary N) is 1. The van der Waals surface area contributed by atoms with Gasteiger partial charge in [0.15, 0.2) is 0 Å². The fourth-order valence-electron chi connectivity index (χ4n) is 0.545. The molecule has 0 fully saturated rings. The van der Waals surface area contributed by atoms with E-state index < -0.39 is 17.5 Å². The Morgan fingerprint density at radius 2 is 1.47 bits per heavy atom. The van der Waals surface area contributed by atoms with Gasteiger partial charge in [0, 0.05) is 5.69 Å². The number of carbonyl (C=O) groups is 2. The van der Waals surface area contributed by atoms with Crippen molar-refractivity contribution in [2.45, 2.75) is 0 Å². The second kappa shape index (κ2) is 6.20. The number of benzene rings is 1. The summed E-state index contributed by atoms with van der Waals surface area (Å²) in [4.78, 5) is 19.3. The molecule has 0 spiro atoms. The van der Waals surface area contributed by atoms with Gasteiger partial charge >= 0.3 is 11.9 Å². The maximum atomic E-state index is 9.66. The molecule has 1 aromatic carbocycles. The van der Waals surface area contributed by atoms with Crippen molar-refractivity contribution < 1.29 is 19.8 Å². The number of hydrogen-bond acceptors (Lipinski definition) is 3. The molecule has 0 aliphatic heterocycles. The lowest BCUT2D eigenvalue weighted by atomic mass is 10.3. The van der Waals surface area contributed by atoms with E-state index in [4.69, 9.17) is 15.9 Å². The molecule has 0 radical (unpaired) electrons. The Labute approximate surface area is 86.5 Å². The molecular weight excluding hydrogens is 198 g/mol. The third-order valence-electron chi connectivity index (χ3n) is 1.32. The highest BCUT2D eigenvalue weighted by atomic mass is 16.4. The predicted octanol–water partition coefficient (Wildman–Crippen LogP) is 0.981. The van der Waals surface area contributed by atoms with Gasteiger partial charge in [0.05, 0.1) is 0 Å². The minimum Gasteiger partial charge on any atom is -0.477 e. The zero-order chi connectivity index (χ0) is 11.8. The first kappa shape index (κ1) is 12.7. The van der Waals surface area contributed by atoms with Crippen LogP contribution in [0.15, 0.2) is 42.5 Å². The number of nitrogen functional groups attached to an aromatic ring is 1. The highest BCUT2D eigenvalue weighted by molar-refractivity contribution is 6.11. The first-order valence-electron chi connectivity index (χ1n) is 3.91. The summed E-state index contributed by atoms with van der Waals surface area (Å²) in [5.74, 6) is -3.00. The third-order valence-corrected chi connectivity index (χ3v) is 1.32. The SMILES string of the molecule is C=C(C(=O)O)C(=O)O.Nc1ccccc1. The average molecular weight is 209 g/mol. The molecule has 0 amide bonds. The molecule has 0 saturated carbocycles. The third kappa shape index (κ3) is 5.87. The molecule has 5 heteroatoms. The molecule has 0 saturated heterocycles. The predicted molar refractivity (Wildman–Crippen MR) is 55.3 cm³/mol. The van der Waals surface area contributed by atoms with E-state index in [1.807, 2.05) is 30.3 Å². The fraction of sp³-hybridized carbons (Fsp3) is 0. The van der Waals surface area contributed by atoms with Crippen molar-refractivity contribution in [2.24, 2.45) is 0 Å². The van der Waals surface area contributed by atoms with E-state index >= 15 is 0 Å². The number of hydrogen-bond donors (Lipinski definition) is 3. The van der Waals surface area contributed by atoms with E-state index in [1.165, 1.54) is 0 Å². The molecule has 15 heavy (non-hydrogen) atoms. The molecule has 0 aliphatic carbocycles. The van der Waals surface area contributed by atoms with Crippen LogP contribution in [-0.2, 0) is 9.59 Å². The summed E-state index contributed by atoms with van der Waals surface area (Å²) < 4.78 is 0. The number of carboxylic acids is 2. The van der Waals surface area contributed by atoms with Crippen LogP contribution in [0.2, 0.25) is 0 Å². The summed E-state index contributed by atoms with van der Waals surface area (Å²) >= 11 is 0. The van der Waals surface area contributed by atoms with Gasteiger partial charge in [-0.15, -0.1) is 0 Å². The molecule has 4 N–H and O–H groups in total. The quantitative estimate of drug-likeness (QED) is 0.292. The van der Waals surface area contributed by atoms with Gasteiger partial charge in [-0.1, -0.05) is 24.8 Å². The molecule has 0 aromatic heterocycles. The molecule has 0 bridgehead atoms. The van der Waals surface area contributed by atoms with Crippen LogP contribution in [0.1, 0.15) is 0 Å². The second-order valence-corrected chi connectivity index (χ2v) is 2.50. The maximum Gasteiger partial charge on any atom is 0.342 e. The monoisotopic (exact) mass is 209 g/mol. The standard InChI is InChI=1S/C6H7N.C4H4O4/c7-6-4-2-1-3-5-6;1-2(3(5)6)4(7)8/h1-5H,7H2;1H2,(H,5,6)(H,7,8). The summed E-state index contributed by atoms with van der Waals surface area (Å²) in [5.41, 5.74) is 5.36. The molecule has 1 rings (SSSR count). The molecule has 5 nitrogen and oxygen atoms in total. The van der Waals surface area contributed by atoms with Gasteiger partial charge < -0.3 is 15.9 Å². The maximum absolute atomic E-state index is 9.66. The molecular formula is C10H11NO4. The number of para-hydroxylation sites is 1. The minimum atomic E-state index is -1.50. The lowest BCUT2D eigenvalue weighted by Crippen LogP contribution is -2.08. The summed E-state index contributed by atoms with van der Waals surface area (Å²) in [6.07, 6.45) is 0. The number of rotatable bonds is 2. The van der Waals surface area contributed by atoms with E-state index in [0.717, 1.165) is 5.69 Å². The van der Waals surface area contributed by atoms with Gasteiger partial charge in [0.25, 0.3) is 0 Å². The largest absolute Gasteiger partial charge is 0.477 e. The molecule has 1 aromatic rings. The number of carboxylic acid groups (broad SMARTS) is 2. The van der Waals surface area contributed by atoms with Gasteiger partial charge in [0.2, 0.25) is 0 Å². The van der Waals surface area contributed by atoms with Gasteiger partial charge in [-0.3, -0.25) is 0 Å². The number of aliphatic carboxylic acids is 2. The number of anilines is 1. The van der Waals surface area contributed by atoms with Crippen LogP contribution in [0.25, 0.3) is 0 Å². The van der Waals surface area contributed by atoms with Crippen molar-refractivity contribution in [2.75, 3.05) is 5.73 Å². The summed E-state index contributed by atoms with van der Waals surface area (Å²) in [6.45, 7) is 2.75. The first-order valence-corrected chi connectivity index (χ1v) is 3.91. The van der Waals surface area contributed by atoms with Crippen molar-refractivity contribution >= 4 is 17.6 Å². The molecule has 0 unspecified atom stereocenters. The van der Waals surface area contributed by atoms with Crippen LogP contribution in [0.5, 0.6) is 0 Å². The van der Waals surface area contributed by atoms with Crippen molar-refractivity contribution in [1.29, 1.82) is 0 Å². The van der Waals surface area contributed by atoms with E-state index in [0.29, 0.717) is 0 Å². The smallest absolute Gasteiger partial charge is 0.342 e. The second-order valence-electron chi connectivity index (χ2n) is 2.50. The zero-order valence-electron chi connectivity index (χ0n) is 7.88. The zero-order valence-corrected chi connectivity index (χ0v) is 7.88. The average Bonchev–Trinajstić information content (AvgIpc) is 2.18. The molecule has 0 aliphatic rings. The van der Waals surface area contributed by atoms with Crippen molar-refractivity contribution in [3.05, 3.63) is 42.5 Å². The Hall–Kier alpha value is -2.30. The highest BCUT2D eigenvalue weighted by Gasteiger charge is 2.10. The van der Waals surface area contributed by atoms with Gasteiger partial charge in [-0.25, -0.2) is 9.59 Å². The van der Waals surface area contributed by atoms with Crippen LogP contribution in [0.4, 0.5) is 5.69 Å². The van der Waals surface area contributed by atoms with Crippen LogP contribution in [0.3, 0.4) is 0 Å². The van der Waals surface area contributed by atoms with E-state index in [-0.39, 0.29) is 0 Å². The van der Waals surface area contributed by atoms with E-state index in [2.05, 4.69) is 6.58 Å². The lowest BCUT2D eigenvalue weighted by molar-refractivity contribution is -0.140. The van der Waals surface area contributed by atoms with Crippen molar-refractivity contribution in [3.8, 4) is 0 Å². The summed E-state index contributed by atoms with van der Waals surface area (Å²) in [5, 5.41) is 15.7. The van der Waals surface area contributed by atoms with Gasteiger partial charge in [-0.05, 0) is 12.1 Å². The van der Waals surface area contributed by atoms with Crippen LogP contribution in [0, 0.1) is 0 Å². The van der Waals surface area contributed by atoms with Crippen molar-refractivity contribution in [1.82, 2.24) is 0 Å².